The number of carbonyl (C=O) groups is 2. The molecule has 10 heteroatoms. The third kappa shape index (κ3) is 5.55. The minimum atomic E-state index is -3.72. The van der Waals surface area contributed by atoms with Crippen LogP contribution in [-0.2, 0) is 26.2 Å². The van der Waals surface area contributed by atoms with Gasteiger partial charge < -0.3 is 15.4 Å². The number of halogens is 1. The fraction of sp³-hybridized carbons (Fsp3) is 0.333. The second kappa shape index (κ2) is 10.1. The van der Waals surface area contributed by atoms with Crippen molar-refractivity contribution in [1.29, 1.82) is 0 Å². The highest BCUT2D eigenvalue weighted by Gasteiger charge is 2.35. The number of hydrogen-bond donors (Lipinski definition) is 2. The maximum atomic E-state index is 13.0. The van der Waals surface area contributed by atoms with Gasteiger partial charge in [0.2, 0.25) is 10.0 Å². The molecule has 1 atom stereocenters. The van der Waals surface area contributed by atoms with Crippen molar-refractivity contribution in [1.82, 2.24) is 14.9 Å². The molecule has 0 unspecified atom stereocenters. The minimum Gasteiger partial charge on any atom is -0.497 e. The molecule has 3 rings (SSSR count). The van der Waals surface area contributed by atoms with E-state index >= 15 is 0 Å². The van der Waals surface area contributed by atoms with Crippen LogP contribution in [0.1, 0.15) is 18.4 Å². The highest BCUT2D eigenvalue weighted by atomic mass is 35.5. The van der Waals surface area contributed by atoms with Crippen LogP contribution in [0.3, 0.4) is 0 Å². The monoisotopic (exact) mass is 465 g/mol. The largest absolute Gasteiger partial charge is 0.497 e. The van der Waals surface area contributed by atoms with Gasteiger partial charge in [-0.05, 0) is 48.7 Å². The Labute approximate surface area is 186 Å². The first-order valence-corrected chi connectivity index (χ1v) is 11.6. The van der Waals surface area contributed by atoms with Crippen LogP contribution in [0.25, 0.3) is 0 Å². The van der Waals surface area contributed by atoms with Gasteiger partial charge in [-0.25, -0.2) is 8.42 Å². The van der Waals surface area contributed by atoms with Crippen LogP contribution in [0.15, 0.2) is 53.4 Å². The number of rotatable bonds is 7. The smallest absolute Gasteiger partial charge is 0.309 e. The highest BCUT2D eigenvalue weighted by Crippen LogP contribution is 2.26. The number of hydrogen-bond acceptors (Lipinski definition) is 5. The van der Waals surface area contributed by atoms with Crippen molar-refractivity contribution in [3.63, 3.8) is 0 Å². The molecule has 0 saturated carbocycles. The number of methoxy groups -OCH3 is 1. The standard InChI is InChI=1S/C21H24ClN3O5S/c1-30-17-8-10-18(11-9-17)31(28,29)25-12-4-6-16(25)14-24-21(27)20(26)23-13-15-5-2-3-7-19(15)22/h2-3,5,7-11,16H,4,6,12-14H2,1H3,(H,23,26)(H,24,27)/t16-/m1/s1. The van der Waals surface area contributed by atoms with E-state index in [-0.39, 0.29) is 18.0 Å². The van der Waals surface area contributed by atoms with Gasteiger partial charge in [0.25, 0.3) is 0 Å². The molecule has 0 radical (unpaired) electrons. The summed E-state index contributed by atoms with van der Waals surface area (Å²) in [6.07, 6.45) is 1.27. The topological polar surface area (TPSA) is 105 Å². The Morgan fingerprint density at radius 2 is 1.77 bits per heavy atom. The summed E-state index contributed by atoms with van der Waals surface area (Å²) in [4.78, 5) is 24.4. The predicted octanol–water partition coefficient (Wildman–Crippen LogP) is 1.93. The van der Waals surface area contributed by atoms with Crippen molar-refractivity contribution in [2.45, 2.75) is 30.3 Å². The van der Waals surface area contributed by atoms with E-state index in [9.17, 15) is 18.0 Å². The number of benzene rings is 2. The Hall–Kier alpha value is -2.62. The SMILES string of the molecule is COc1ccc(S(=O)(=O)N2CCC[C@@H]2CNC(=O)C(=O)NCc2ccccc2Cl)cc1. The number of carbonyl (C=O) groups excluding carboxylic acids is 2. The molecule has 1 aliphatic rings. The molecule has 31 heavy (non-hydrogen) atoms. The summed E-state index contributed by atoms with van der Waals surface area (Å²) in [5.41, 5.74) is 0.692. The van der Waals surface area contributed by atoms with Crippen LogP contribution in [0.5, 0.6) is 5.75 Å². The maximum absolute atomic E-state index is 13.0. The predicted molar refractivity (Wildman–Crippen MR) is 116 cm³/mol. The molecule has 2 aromatic rings. The molecule has 0 aromatic heterocycles. The van der Waals surface area contributed by atoms with E-state index in [2.05, 4.69) is 10.6 Å². The van der Waals surface area contributed by atoms with Crippen molar-refractivity contribution in [2.24, 2.45) is 0 Å². The van der Waals surface area contributed by atoms with Crippen LogP contribution in [0, 0.1) is 0 Å². The van der Waals surface area contributed by atoms with Gasteiger partial charge >= 0.3 is 11.8 Å². The van der Waals surface area contributed by atoms with E-state index in [4.69, 9.17) is 16.3 Å². The summed E-state index contributed by atoms with van der Waals surface area (Å²) in [6.45, 7) is 0.522. The lowest BCUT2D eigenvalue weighted by atomic mass is 10.2. The number of nitrogens with zero attached hydrogens (tertiary/aromatic N) is 1. The molecule has 8 nitrogen and oxygen atoms in total. The third-order valence-electron chi connectivity index (χ3n) is 5.09. The lowest BCUT2D eigenvalue weighted by Crippen LogP contribution is -2.46. The molecule has 166 valence electrons. The lowest BCUT2D eigenvalue weighted by Gasteiger charge is -2.24. The molecular formula is C21H24ClN3O5S. The Morgan fingerprint density at radius 1 is 1.10 bits per heavy atom. The van der Waals surface area contributed by atoms with Gasteiger partial charge in [0, 0.05) is 30.7 Å². The van der Waals surface area contributed by atoms with Crippen molar-refractivity contribution >= 4 is 33.4 Å². The van der Waals surface area contributed by atoms with Crippen LogP contribution in [-0.4, -0.2) is 50.8 Å². The summed E-state index contributed by atoms with van der Waals surface area (Å²) >= 11 is 6.04. The summed E-state index contributed by atoms with van der Waals surface area (Å²) in [5.74, 6) is -1.06. The van der Waals surface area contributed by atoms with Gasteiger partial charge in [0.05, 0.1) is 12.0 Å². The van der Waals surface area contributed by atoms with Crippen LogP contribution < -0.4 is 15.4 Å². The fourth-order valence-electron chi connectivity index (χ4n) is 3.40. The normalized spacial score (nSPS) is 16.6. The molecule has 1 fully saturated rings. The van der Waals surface area contributed by atoms with Crippen LogP contribution >= 0.6 is 11.6 Å². The van der Waals surface area contributed by atoms with Gasteiger partial charge in [0.15, 0.2) is 0 Å². The minimum absolute atomic E-state index is 0.0493. The highest BCUT2D eigenvalue weighted by molar-refractivity contribution is 7.89. The molecule has 0 spiro atoms. The zero-order valence-electron chi connectivity index (χ0n) is 17.0. The second-order valence-corrected chi connectivity index (χ2v) is 9.37. The van der Waals surface area contributed by atoms with Gasteiger partial charge in [0.1, 0.15) is 5.75 Å². The van der Waals surface area contributed by atoms with E-state index in [1.54, 1.807) is 36.4 Å². The average Bonchev–Trinajstić information content (AvgIpc) is 3.26. The summed E-state index contributed by atoms with van der Waals surface area (Å²) in [6, 6.07) is 12.7. The Balaban J connectivity index is 1.56. The zero-order valence-corrected chi connectivity index (χ0v) is 18.6. The Kier molecular flexibility index (Phi) is 7.53. The van der Waals surface area contributed by atoms with Gasteiger partial charge in [-0.1, -0.05) is 29.8 Å². The third-order valence-corrected chi connectivity index (χ3v) is 7.43. The first-order chi connectivity index (χ1) is 14.8. The van der Waals surface area contributed by atoms with Crippen molar-refractivity contribution in [3.05, 3.63) is 59.1 Å². The van der Waals surface area contributed by atoms with E-state index < -0.39 is 27.9 Å². The fourth-order valence-corrected chi connectivity index (χ4v) is 5.30. The number of ether oxygens (including phenoxy) is 1. The summed E-state index contributed by atoms with van der Waals surface area (Å²) in [7, 11) is -2.21. The Bertz CT molecular complexity index is 1040. The van der Waals surface area contributed by atoms with Crippen LogP contribution in [0.2, 0.25) is 5.02 Å². The second-order valence-electron chi connectivity index (χ2n) is 7.07. The van der Waals surface area contributed by atoms with E-state index in [0.717, 1.165) is 0 Å². The molecule has 2 N–H and O–H groups in total. The van der Waals surface area contributed by atoms with E-state index in [1.807, 2.05) is 0 Å². The van der Waals surface area contributed by atoms with Crippen LogP contribution in [0.4, 0.5) is 0 Å². The quantitative estimate of drug-likeness (QED) is 0.608. The maximum Gasteiger partial charge on any atom is 0.309 e. The lowest BCUT2D eigenvalue weighted by molar-refractivity contribution is -0.139. The van der Waals surface area contributed by atoms with E-state index in [1.165, 1.54) is 23.5 Å². The average molecular weight is 466 g/mol. The molecule has 1 aliphatic heterocycles. The van der Waals surface area contributed by atoms with Crippen molar-refractivity contribution < 1.29 is 22.7 Å². The van der Waals surface area contributed by atoms with Gasteiger partial charge in [-0.15, -0.1) is 0 Å². The van der Waals surface area contributed by atoms with E-state index in [0.29, 0.717) is 35.7 Å². The van der Waals surface area contributed by atoms with Gasteiger partial charge in [-0.3, -0.25) is 9.59 Å². The Morgan fingerprint density at radius 3 is 2.45 bits per heavy atom. The molecule has 0 bridgehead atoms. The first kappa shape index (κ1) is 23.1. The number of amides is 2. The molecule has 1 heterocycles. The molecule has 1 saturated heterocycles. The first-order valence-electron chi connectivity index (χ1n) is 9.78. The summed E-state index contributed by atoms with van der Waals surface area (Å²) in [5, 5.41) is 5.54. The molecule has 0 aliphatic carbocycles. The number of sulfonamides is 1. The van der Waals surface area contributed by atoms with Crippen molar-refractivity contribution in [3.8, 4) is 5.75 Å². The van der Waals surface area contributed by atoms with Crippen molar-refractivity contribution in [2.75, 3.05) is 20.2 Å². The summed E-state index contributed by atoms with van der Waals surface area (Å²) < 4.78 is 32.4. The number of nitrogens with one attached hydrogen (secondary N) is 2. The molecule has 2 amide bonds. The molecular weight excluding hydrogens is 442 g/mol. The van der Waals surface area contributed by atoms with Gasteiger partial charge in [-0.2, -0.15) is 4.31 Å². The zero-order chi connectivity index (χ0) is 22.4. The molecule has 2 aromatic carbocycles.